The van der Waals surface area contributed by atoms with Gasteiger partial charge in [0.1, 0.15) is 0 Å². The quantitative estimate of drug-likeness (QED) is 0.581. The third-order valence-electron chi connectivity index (χ3n) is 3.14. The van der Waals surface area contributed by atoms with Crippen molar-refractivity contribution in [2.45, 2.75) is 0 Å². The zero-order valence-corrected chi connectivity index (χ0v) is 12.0. The highest BCUT2D eigenvalue weighted by Gasteiger charge is 1.94. The molecule has 0 aliphatic rings. The van der Waals surface area contributed by atoms with Gasteiger partial charge in [0.25, 0.3) is 0 Å². The molecule has 0 saturated heterocycles. The van der Waals surface area contributed by atoms with Gasteiger partial charge >= 0.3 is 0 Å². The van der Waals surface area contributed by atoms with Crippen molar-refractivity contribution >= 4 is 11.6 Å². The van der Waals surface area contributed by atoms with E-state index in [1.165, 1.54) is 11.1 Å². The Morgan fingerprint density at radius 1 is 0.682 bits per heavy atom. The van der Waals surface area contributed by atoms with Crippen LogP contribution in [0.5, 0.6) is 0 Å². The van der Waals surface area contributed by atoms with Gasteiger partial charge in [-0.3, -0.25) is 0 Å². The molecule has 0 saturated carbocycles. The van der Waals surface area contributed by atoms with Crippen LogP contribution >= 0.6 is 0 Å². The van der Waals surface area contributed by atoms with E-state index in [0.717, 1.165) is 5.65 Å². The minimum atomic E-state index is 0.311. The average molecular weight is 288 g/mol. The number of nitrogens with zero attached hydrogens (tertiary/aromatic N) is 3. The monoisotopic (exact) mass is 288 g/mol. The number of hydrogen-bond donors (Lipinski definition) is 1. The molecule has 2 aromatic heterocycles. The Labute approximate surface area is 128 Å². The smallest absolute Gasteiger partial charge is 0.240 e. The van der Waals surface area contributed by atoms with E-state index in [9.17, 15) is 0 Å². The van der Waals surface area contributed by atoms with Gasteiger partial charge in [0.15, 0.2) is 5.65 Å². The number of aromatic nitrogens is 3. The van der Waals surface area contributed by atoms with Gasteiger partial charge in [-0.2, -0.15) is 4.98 Å². The average Bonchev–Trinajstić information content (AvgIpc) is 2.97. The van der Waals surface area contributed by atoms with Crippen LogP contribution in [-0.2, 0) is 0 Å². The first-order valence-electron chi connectivity index (χ1n) is 7.00. The van der Waals surface area contributed by atoms with Gasteiger partial charge < -0.3 is 5.73 Å². The molecule has 0 radical (unpaired) electrons. The number of rotatable bonds is 1. The number of hydrogen-bond acceptors (Lipinski definition) is 3. The first kappa shape index (κ1) is 13.8. The molecular weight excluding hydrogens is 272 g/mol. The number of nitrogen functional groups attached to an aromatic ring is 1. The molecule has 0 aliphatic carbocycles. The lowest BCUT2D eigenvalue weighted by Gasteiger charge is -1.98. The molecule has 0 fully saturated rings. The minimum Gasteiger partial charge on any atom is -0.366 e. The topological polar surface area (TPSA) is 56.2 Å². The van der Waals surface area contributed by atoms with Crippen LogP contribution in [0.1, 0.15) is 0 Å². The largest absolute Gasteiger partial charge is 0.366 e. The summed E-state index contributed by atoms with van der Waals surface area (Å²) in [4.78, 5) is 3.94. The molecule has 0 bridgehead atoms. The highest BCUT2D eigenvalue weighted by molar-refractivity contribution is 5.62. The van der Waals surface area contributed by atoms with Crippen LogP contribution in [0.3, 0.4) is 0 Å². The summed E-state index contributed by atoms with van der Waals surface area (Å²) in [6, 6.07) is 26.4. The standard InChI is InChI=1S/C12H10.C6H6N4/c1-3-7-11(8-4-1)12-9-5-2-6-10-12;7-6-8-5-3-1-2-4-10(5)9-6/h1-10H;1-4H,(H2,7,9). The lowest BCUT2D eigenvalue weighted by molar-refractivity contribution is 0.968. The molecule has 0 unspecified atom stereocenters. The van der Waals surface area contributed by atoms with Crippen molar-refractivity contribution in [3.05, 3.63) is 85.1 Å². The predicted octanol–water partition coefficient (Wildman–Crippen LogP) is 3.67. The number of fused-ring (bicyclic) bond motifs is 1. The van der Waals surface area contributed by atoms with Crippen LogP contribution in [0.25, 0.3) is 16.8 Å². The Balaban J connectivity index is 0.000000133. The Hall–Kier alpha value is -3.14. The number of anilines is 1. The third-order valence-corrected chi connectivity index (χ3v) is 3.14. The van der Waals surface area contributed by atoms with E-state index in [1.54, 1.807) is 10.7 Å². The van der Waals surface area contributed by atoms with Crippen molar-refractivity contribution < 1.29 is 0 Å². The first-order chi connectivity index (χ1) is 10.8. The van der Waals surface area contributed by atoms with Crippen LogP contribution in [0, 0.1) is 0 Å². The van der Waals surface area contributed by atoms with E-state index in [-0.39, 0.29) is 0 Å². The van der Waals surface area contributed by atoms with Crippen molar-refractivity contribution in [1.29, 1.82) is 0 Å². The molecule has 2 N–H and O–H groups in total. The molecule has 22 heavy (non-hydrogen) atoms. The zero-order chi connectivity index (χ0) is 15.2. The van der Waals surface area contributed by atoms with Crippen LogP contribution in [0.2, 0.25) is 0 Å². The predicted molar refractivity (Wildman–Crippen MR) is 89.3 cm³/mol. The summed E-state index contributed by atoms with van der Waals surface area (Å²) in [5.74, 6) is 0.311. The summed E-state index contributed by atoms with van der Waals surface area (Å²) in [6.45, 7) is 0. The normalized spacial score (nSPS) is 10.0. The van der Waals surface area contributed by atoms with E-state index in [2.05, 4.69) is 58.6 Å². The Kier molecular flexibility index (Phi) is 4.11. The van der Waals surface area contributed by atoms with Gasteiger partial charge in [0.05, 0.1) is 0 Å². The molecule has 0 atom stereocenters. The fraction of sp³-hybridized carbons (Fsp3) is 0. The van der Waals surface area contributed by atoms with E-state index >= 15 is 0 Å². The molecule has 0 aliphatic heterocycles. The zero-order valence-electron chi connectivity index (χ0n) is 12.0. The van der Waals surface area contributed by atoms with Crippen molar-refractivity contribution in [1.82, 2.24) is 14.6 Å². The minimum absolute atomic E-state index is 0.311. The Morgan fingerprint density at radius 3 is 1.77 bits per heavy atom. The summed E-state index contributed by atoms with van der Waals surface area (Å²) in [7, 11) is 0. The van der Waals surface area contributed by atoms with E-state index in [1.807, 2.05) is 30.3 Å². The van der Waals surface area contributed by atoms with Crippen molar-refractivity contribution in [2.24, 2.45) is 0 Å². The summed E-state index contributed by atoms with van der Waals surface area (Å²) in [5.41, 5.74) is 8.68. The SMILES string of the molecule is Nc1nc2ccccn2n1.c1ccc(-c2ccccc2)cc1. The maximum Gasteiger partial charge on any atom is 0.240 e. The second kappa shape index (κ2) is 6.54. The highest BCUT2D eigenvalue weighted by atomic mass is 15.3. The second-order valence-electron chi connectivity index (χ2n) is 4.71. The van der Waals surface area contributed by atoms with Crippen LogP contribution < -0.4 is 5.73 Å². The van der Waals surface area contributed by atoms with E-state index in [0.29, 0.717) is 5.95 Å². The second-order valence-corrected chi connectivity index (χ2v) is 4.71. The molecular formula is C18H16N4. The molecule has 4 heteroatoms. The lowest BCUT2D eigenvalue weighted by atomic mass is 10.1. The molecule has 4 aromatic rings. The molecule has 4 nitrogen and oxygen atoms in total. The van der Waals surface area contributed by atoms with Gasteiger partial charge in [0, 0.05) is 6.20 Å². The van der Waals surface area contributed by atoms with Crippen LogP contribution in [0.4, 0.5) is 5.95 Å². The van der Waals surface area contributed by atoms with Gasteiger partial charge in [0.2, 0.25) is 5.95 Å². The van der Waals surface area contributed by atoms with Crippen LogP contribution in [0.15, 0.2) is 85.1 Å². The fourth-order valence-electron chi connectivity index (χ4n) is 2.11. The van der Waals surface area contributed by atoms with Gasteiger partial charge in [-0.05, 0) is 23.3 Å². The number of benzene rings is 2. The lowest BCUT2D eigenvalue weighted by Crippen LogP contribution is -1.87. The van der Waals surface area contributed by atoms with Gasteiger partial charge in [-0.25, -0.2) is 4.52 Å². The van der Waals surface area contributed by atoms with E-state index < -0.39 is 0 Å². The summed E-state index contributed by atoms with van der Waals surface area (Å²) in [6.07, 6.45) is 1.80. The summed E-state index contributed by atoms with van der Waals surface area (Å²) in [5, 5.41) is 3.90. The van der Waals surface area contributed by atoms with Gasteiger partial charge in [-0.1, -0.05) is 66.7 Å². The maximum absolute atomic E-state index is 5.35. The van der Waals surface area contributed by atoms with Crippen molar-refractivity contribution in [2.75, 3.05) is 5.73 Å². The summed E-state index contributed by atoms with van der Waals surface area (Å²) < 4.78 is 1.63. The fourth-order valence-corrected chi connectivity index (χ4v) is 2.11. The van der Waals surface area contributed by atoms with E-state index in [4.69, 9.17) is 5.73 Å². The number of pyridine rings is 1. The first-order valence-corrected chi connectivity index (χ1v) is 7.00. The maximum atomic E-state index is 5.35. The Bertz CT molecular complexity index is 768. The summed E-state index contributed by atoms with van der Waals surface area (Å²) >= 11 is 0. The van der Waals surface area contributed by atoms with Crippen molar-refractivity contribution in [3.63, 3.8) is 0 Å². The van der Waals surface area contributed by atoms with Crippen molar-refractivity contribution in [3.8, 4) is 11.1 Å². The van der Waals surface area contributed by atoms with Crippen LogP contribution in [-0.4, -0.2) is 14.6 Å². The molecule has 2 heterocycles. The Morgan fingerprint density at radius 2 is 1.23 bits per heavy atom. The highest BCUT2D eigenvalue weighted by Crippen LogP contribution is 2.17. The molecule has 0 amide bonds. The molecule has 0 spiro atoms. The van der Waals surface area contributed by atoms with Gasteiger partial charge in [-0.15, -0.1) is 5.10 Å². The third kappa shape index (κ3) is 3.30. The number of nitrogens with two attached hydrogens (primary N) is 1. The molecule has 4 rings (SSSR count). The molecule has 2 aromatic carbocycles. The molecule has 108 valence electrons.